The number of carbonyl (C=O) groups is 1. The van der Waals surface area contributed by atoms with Crippen molar-refractivity contribution in [2.45, 2.75) is 33.2 Å². The average Bonchev–Trinajstić information content (AvgIpc) is 2.61. The standard InChI is InChI=1S/C19H24ClN3O/c1-3-11-23(12-4-2)18-13-15(9-10-21-18)19(24)22-14-16-7-5-6-8-17(16)20/h5-10,13H,3-4,11-12,14H2,1-2H3,(H,22,24). The molecule has 0 bridgehead atoms. The van der Waals surface area contributed by atoms with Crippen LogP contribution in [0, 0.1) is 0 Å². The zero-order valence-corrected chi connectivity index (χ0v) is 15.0. The zero-order valence-electron chi connectivity index (χ0n) is 14.3. The van der Waals surface area contributed by atoms with Gasteiger partial charge in [-0.25, -0.2) is 4.98 Å². The summed E-state index contributed by atoms with van der Waals surface area (Å²) >= 11 is 6.12. The van der Waals surface area contributed by atoms with Crippen LogP contribution in [0.4, 0.5) is 5.82 Å². The van der Waals surface area contributed by atoms with E-state index in [0.29, 0.717) is 17.1 Å². The highest BCUT2D eigenvalue weighted by Crippen LogP contribution is 2.16. The minimum absolute atomic E-state index is 0.119. The molecule has 0 radical (unpaired) electrons. The van der Waals surface area contributed by atoms with Gasteiger partial charge in [-0.2, -0.15) is 0 Å². The summed E-state index contributed by atoms with van der Waals surface area (Å²) in [7, 11) is 0. The highest BCUT2D eigenvalue weighted by atomic mass is 35.5. The number of nitrogens with zero attached hydrogens (tertiary/aromatic N) is 2. The summed E-state index contributed by atoms with van der Waals surface area (Å²) in [5.41, 5.74) is 1.52. The van der Waals surface area contributed by atoms with Crippen LogP contribution in [0.3, 0.4) is 0 Å². The number of hydrogen-bond acceptors (Lipinski definition) is 3. The Morgan fingerprint density at radius 2 is 1.88 bits per heavy atom. The van der Waals surface area contributed by atoms with Gasteiger partial charge in [0.2, 0.25) is 0 Å². The summed E-state index contributed by atoms with van der Waals surface area (Å²) in [6.07, 6.45) is 3.79. The van der Waals surface area contributed by atoms with Crippen LogP contribution in [0.1, 0.15) is 42.6 Å². The topological polar surface area (TPSA) is 45.2 Å². The van der Waals surface area contributed by atoms with Gasteiger partial charge >= 0.3 is 0 Å². The fraction of sp³-hybridized carbons (Fsp3) is 0.368. The van der Waals surface area contributed by atoms with Crippen LogP contribution in [0.25, 0.3) is 0 Å². The molecule has 128 valence electrons. The van der Waals surface area contributed by atoms with Gasteiger partial charge in [-0.1, -0.05) is 43.6 Å². The van der Waals surface area contributed by atoms with E-state index >= 15 is 0 Å². The van der Waals surface area contributed by atoms with Crippen LogP contribution < -0.4 is 10.2 Å². The third kappa shape index (κ3) is 4.96. The number of carbonyl (C=O) groups excluding carboxylic acids is 1. The first-order chi connectivity index (χ1) is 11.7. The van der Waals surface area contributed by atoms with E-state index in [-0.39, 0.29) is 5.91 Å². The predicted octanol–water partition coefficient (Wildman–Crippen LogP) is 4.29. The Morgan fingerprint density at radius 1 is 1.17 bits per heavy atom. The van der Waals surface area contributed by atoms with Crippen molar-refractivity contribution >= 4 is 23.3 Å². The number of pyridine rings is 1. The third-order valence-electron chi connectivity index (χ3n) is 3.72. The van der Waals surface area contributed by atoms with Crippen molar-refractivity contribution in [3.05, 3.63) is 58.7 Å². The number of anilines is 1. The summed E-state index contributed by atoms with van der Waals surface area (Å²) in [5.74, 6) is 0.732. The van der Waals surface area contributed by atoms with Gasteiger partial charge in [-0.05, 0) is 36.6 Å². The Hall–Kier alpha value is -2.07. The molecule has 1 aromatic carbocycles. The average molecular weight is 346 g/mol. The van der Waals surface area contributed by atoms with Crippen LogP contribution in [0.15, 0.2) is 42.6 Å². The normalized spacial score (nSPS) is 10.5. The molecule has 24 heavy (non-hydrogen) atoms. The van der Waals surface area contributed by atoms with Gasteiger partial charge in [-0.15, -0.1) is 0 Å². The van der Waals surface area contributed by atoms with Gasteiger partial charge in [0.15, 0.2) is 0 Å². The SMILES string of the molecule is CCCN(CCC)c1cc(C(=O)NCc2ccccc2Cl)ccn1. The summed E-state index contributed by atoms with van der Waals surface area (Å²) in [6, 6.07) is 11.1. The van der Waals surface area contributed by atoms with Crippen LogP contribution in [-0.2, 0) is 6.54 Å². The van der Waals surface area contributed by atoms with E-state index in [9.17, 15) is 4.79 Å². The first-order valence-corrected chi connectivity index (χ1v) is 8.76. The molecule has 2 aromatic rings. The lowest BCUT2D eigenvalue weighted by molar-refractivity contribution is 0.0951. The molecule has 1 heterocycles. The minimum atomic E-state index is -0.119. The Balaban J connectivity index is 2.07. The predicted molar refractivity (Wildman–Crippen MR) is 99.7 cm³/mol. The molecule has 1 amide bonds. The molecule has 0 fully saturated rings. The molecule has 0 aliphatic rings. The summed E-state index contributed by atoms with van der Waals surface area (Å²) < 4.78 is 0. The summed E-state index contributed by atoms with van der Waals surface area (Å²) in [6.45, 7) is 6.56. The molecule has 0 unspecified atom stereocenters. The highest BCUT2D eigenvalue weighted by Gasteiger charge is 2.11. The van der Waals surface area contributed by atoms with E-state index in [4.69, 9.17) is 11.6 Å². The van der Waals surface area contributed by atoms with Crippen LogP contribution >= 0.6 is 11.6 Å². The maximum absolute atomic E-state index is 12.4. The van der Waals surface area contributed by atoms with Crippen molar-refractivity contribution in [1.82, 2.24) is 10.3 Å². The Labute approximate surface area is 148 Å². The number of amides is 1. The molecule has 0 atom stereocenters. The molecule has 0 saturated carbocycles. The quantitative estimate of drug-likeness (QED) is 0.776. The number of hydrogen-bond donors (Lipinski definition) is 1. The van der Waals surface area contributed by atoms with Crippen LogP contribution in [0.5, 0.6) is 0 Å². The van der Waals surface area contributed by atoms with E-state index in [1.165, 1.54) is 0 Å². The molecule has 0 aliphatic carbocycles. The molecule has 0 spiro atoms. The third-order valence-corrected chi connectivity index (χ3v) is 4.08. The lowest BCUT2D eigenvalue weighted by Gasteiger charge is -2.22. The van der Waals surface area contributed by atoms with Crippen LogP contribution in [0.2, 0.25) is 5.02 Å². The van der Waals surface area contributed by atoms with Crippen molar-refractivity contribution in [2.24, 2.45) is 0 Å². The second-order valence-electron chi connectivity index (χ2n) is 5.66. The van der Waals surface area contributed by atoms with E-state index < -0.39 is 0 Å². The van der Waals surface area contributed by atoms with Crippen molar-refractivity contribution in [3.63, 3.8) is 0 Å². The molecule has 1 N–H and O–H groups in total. The summed E-state index contributed by atoms with van der Waals surface area (Å²) in [5, 5.41) is 3.57. The lowest BCUT2D eigenvalue weighted by atomic mass is 10.2. The number of aromatic nitrogens is 1. The molecule has 5 heteroatoms. The van der Waals surface area contributed by atoms with Gasteiger partial charge in [-0.3, -0.25) is 4.79 Å². The summed E-state index contributed by atoms with van der Waals surface area (Å²) in [4.78, 5) is 19.0. The van der Waals surface area contributed by atoms with Gasteiger partial charge in [0.1, 0.15) is 5.82 Å². The monoisotopic (exact) mass is 345 g/mol. The second-order valence-corrected chi connectivity index (χ2v) is 6.07. The zero-order chi connectivity index (χ0) is 17.4. The van der Waals surface area contributed by atoms with Crippen molar-refractivity contribution < 1.29 is 4.79 Å². The minimum Gasteiger partial charge on any atom is -0.357 e. The molecular weight excluding hydrogens is 322 g/mol. The van der Waals surface area contributed by atoms with E-state index in [0.717, 1.165) is 37.3 Å². The van der Waals surface area contributed by atoms with Gasteiger partial charge < -0.3 is 10.2 Å². The maximum atomic E-state index is 12.4. The molecule has 0 aliphatic heterocycles. The number of nitrogens with one attached hydrogen (secondary N) is 1. The van der Waals surface area contributed by atoms with E-state index in [1.807, 2.05) is 30.3 Å². The second kappa shape index (κ2) is 9.28. The van der Waals surface area contributed by atoms with Crippen molar-refractivity contribution in [1.29, 1.82) is 0 Å². The number of rotatable bonds is 8. The Kier molecular flexibility index (Phi) is 7.07. The first kappa shape index (κ1) is 18.3. The van der Waals surface area contributed by atoms with Crippen molar-refractivity contribution in [3.8, 4) is 0 Å². The molecule has 1 aromatic heterocycles. The molecule has 2 rings (SSSR count). The van der Waals surface area contributed by atoms with Gasteiger partial charge in [0.05, 0.1) is 0 Å². The van der Waals surface area contributed by atoms with E-state index in [1.54, 1.807) is 12.3 Å². The Morgan fingerprint density at radius 3 is 2.54 bits per heavy atom. The lowest BCUT2D eigenvalue weighted by Crippen LogP contribution is -2.27. The largest absolute Gasteiger partial charge is 0.357 e. The smallest absolute Gasteiger partial charge is 0.251 e. The number of benzene rings is 1. The highest BCUT2D eigenvalue weighted by molar-refractivity contribution is 6.31. The maximum Gasteiger partial charge on any atom is 0.251 e. The van der Waals surface area contributed by atoms with Gasteiger partial charge in [0.25, 0.3) is 5.91 Å². The fourth-order valence-electron chi connectivity index (χ4n) is 2.53. The molecular formula is C19H24ClN3O. The van der Waals surface area contributed by atoms with E-state index in [2.05, 4.69) is 29.0 Å². The first-order valence-electron chi connectivity index (χ1n) is 8.38. The van der Waals surface area contributed by atoms with Gasteiger partial charge in [0, 0.05) is 36.4 Å². The molecule has 4 nitrogen and oxygen atoms in total. The fourth-order valence-corrected chi connectivity index (χ4v) is 2.74. The van der Waals surface area contributed by atoms with Crippen molar-refractivity contribution in [2.75, 3.05) is 18.0 Å². The number of halogens is 1. The Bertz CT molecular complexity index is 669. The molecule has 0 saturated heterocycles. The van der Waals surface area contributed by atoms with Crippen LogP contribution in [-0.4, -0.2) is 24.0 Å².